The predicted octanol–water partition coefficient (Wildman–Crippen LogP) is 5.18. The van der Waals surface area contributed by atoms with E-state index in [2.05, 4.69) is 0 Å². The molecule has 1 saturated heterocycles. The molecule has 3 aromatic carbocycles. The second-order valence-electron chi connectivity index (χ2n) is 8.55. The van der Waals surface area contributed by atoms with Crippen LogP contribution in [0.15, 0.2) is 66.2 Å². The van der Waals surface area contributed by atoms with Crippen molar-refractivity contribution in [1.29, 1.82) is 0 Å². The van der Waals surface area contributed by atoms with E-state index in [1.807, 2.05) is 12.1 Å². The quantitative estimate of drug-likeness (QED) is 0.320. The highest BCUT2D eigenvalue weighted by atomic mass is 19.1. The first-order valence-electron chi connectivity index (χ1n) is 11.0. The fraction of sp³-hybridized carbons (Fsp3) is 0.185. The maximum absolute atomic E-state index is 14.7. The van der Waals surface area contributed by atoms with E-state index in [4.69, 9.17) is 0 Å². The zero-order valence-electron chi connectivity index (χ0n) is 18.1. The lowest BCUT2D eigenvalue weighted by Gasteiger charge is -2.26. The number of Topliss-reactive ketones (excluding diaryl/α,β-unsaturated/α-hetero) is 1. The molecule has 34 heavy (non-hydrogen) atoms. The van der Waals surface area contributed by atoms with Crippen molar-refractivity contribution in [1.82, 2.24) is 0 Å². The van der Waals surface area contributed by atoms with Gasteiger partial charge in [0.1, 0.15) is 23.1 Å². The number of hydrogen-bond donors (Lipinski definition) is 2. The number of carbonyl (C=O) groups excluding carboxylic acids is 2. The first kappa shape index (κ1) is 21.8. The number of amides is 1. The Labute approximate surface area is 194 Å². The number of aliphatic hydroxyl groups is 1. The topological polar surface area (TPSA) is 77.8 Å². The van der Waals surface area contributed by atoms with Gasteiger partial charge in [0.2, 0.25) is 0 Å². The van der Waals surface area contributed by atoms with Crippen LogP contribution in [0.4, 0.5) is 14.5 Å². The van der Waals surface area contributed by atoms with Crippen LogP contribution >= 0.6 is 0 Å². The molecule has 2 aliphatic rings. The molecule has 5 nitrogen and oxygen atoms in total. The summed E-state index contributed by atoms with van der Waals surface area (Å²) in [4.78, 5) is 27.2. The Morgan fingerprint density at radius 3 is 2.41 bits per heavy atom. The Morgan fingerprint density at radius 2 is 1.68 bits per heavy atom. The molecule has 1 aliphatic carbocycles. The summed E-state index contributed by atoms with van der Waals surface area (Å²) in [6.07, 6.45) is 3.90. The first-order valence-corrected chi connectivity index (χ1v) is 11.0. The largest absolute Gasteiger partial charge is 0.508 e. The van der Waals surface area contributed by atoms with Crippen LogP contribution in [0.1, 0.15) is 41.1 Å². The van der Waals surface area contributed by atoms with E-state index in [-0.39, 0.29) is 22.8 Å². The Balaban J connectivity index is 1.72. The fourth-order valence-corrected chi connectivity index (χ4v) is 4.80. The Bertz CT molecular complexity index is 1360. The minimum atomic E-state index is -1.22. The summed E-state index contributed by atoms with van der Waals surface area (Å²) < 4.78 is 28.3. The van der Waals surface area contributed by atoms with Crippen LogP contribution in [-0.2, 0) is 22.4 Å². The van der Waals surface area contributed by atoms with Crippen molar-refractivity contribution in [3.8, 4) is 5.75 Å². The number of aliphatic hydroxyl groups excluding tert-OH is 1. The van der Waals surface area contributed by atoms with Gasteiger partial charge in [-0.15, -0.1) is 0 Å². The monoisotopic (exact) mass is 461 g/mol. The summed E-state index contributed by atoms with van der Waals surface area (Å²) in [5.41, 5.74) is 2.39. The number of hydrogen-bond acceptors (Lipinski definition) is 4. The number of rotatable bonds is 3. The van der Waals surface area contributed by atoms with Crippen LogP contribution in [0, 0.1) is 11.6 Å². The van der Waals surface area contributed by atoms with Gasteiger partial charge in [-0.2, -0.15) is 0 Å². The third-order valence-electron chi connectivity index (χ3n) is 6.42. The molecule has 1 atom stereocenters. The lowest BCUT2D eigenvalue weighted by atomic mass is 9.88. The molecule has 0 spiro atoms. The van der Waals surface area contributed by atoms with Gasteiger partial charge in [0.15, 0.2) is 0 Å². The minimum absolute atomic E-state index is 0.128. The number of phenolic OH excluding ortho intramolecular Hbond substituents is 1. The van der Waals surface area contributed by atoms with Crippen molar-refractivity contribution < 1.29 is 28.6 Å². The Hall–Kier alpha value is -4.00. The van der Waals surface area contributed by atoms with Crippen LogP contribution in [0.25, 0.3) is 5.76 Å². The summed E-state index contributed by atoms with van der Waals surface area (Å²) >= 11 is 0. The molecule has 1 aliphatic heterocycles. The van der Waals surface area contributed by atoms with E-state index < -0.39 is 29.4 Å². The highest BCUT2D eigenvalue weighted by Gasteiger charge is 2.47. The number of benzene rings is 3. The number of aryl methyl sites for hydroxylation is 2. The molecule has 172 valence electrons. The molecule has 7 heteroatoms. The average Bonchev–Trinajstić information content (AvgIpc) is 3.09. The molecule has 5 rings (SSSR count). The van der Waals surface area contributed by atoms with E-state index in [1.54, 1.807) is 12.1 Å². The summed E-state index contributed by atoms with van der Waals surface area (Å²) in [5, 5.41) is 21.3. The Kier molecular flexibility index (Phi) is 5.40. The van der Waals surface area contributed by atoms with Gasteiger partial charge in [0.05, 0.1) is 17.3 Å². The number of fused-ring (bicyclic) bond motifs is 1. The summed E-state index contributed by atoms with van der Waals surface area (Å²) in [6.45, 7) is 0. The van der Waals surface area contributed by atoms with Crippen LogP contribution < -0.4 is 4.90 Å². The number of carbonyl (C=O) groups is 2. The molecule has 1 amide bonds. The molecule has 3 aromatic rings. The van der Waals surface area contributed by atoms with Crippen LogP contribution in [0.5, 0.6) is 5.75 Å². The lowest BCUT2D eigenvalue weighted by Crippen LogP contribution is -2.30. The van der Waals surface area contributed by atoms with Crippen molar-refractivity contribution in [2.45, 2.75) is 31.7 Å². The highest BCUT2D eigenvalue weighted by Crippen LogP contribution is 2.43. The van der Waals surface area contributed by atoms with Gasteiger partial charge in [0, 0.05) is 11.6 Å². The molecular formula is C27H21F2NO4. The van der Waals surface area contributed by atoms with Gasteiger partial charge in [-0.05, 0) is 72.7 Å². The van der Waals surface area contributed by atoms with E-state index in [0.717, 1.165) is 48.3 Å². The number of anilines is 1. The molecule has 0 saturated carbocycles. The summed E-state index contributed by atoms with van der Waals surface area (Å²) in [6, 6.07) is 12.7. The number of aromatic hydroxyl groups is 1. The highest BCUT2D eigenvalue weighted by molar-refractivity contribution is 6.51. The fourth-order valence-electron chi connectivity index (χ4n) is 4.80. The molecule has 1 fully saturated rings. The average molecular weight is 461 g/mol. The number of halogens is 2. The maximum atomic E-state index is 14.7. The molecular weight excluding hydrogens is 440 g/mol. The van der Waals surface area contributed by atoms with E-state index in [1.165, 1.54) is 23.8 Å². The van der Waals surface area contributed by atoms with E-state index >= 15 is 0 Å². The third-order valence-corrected chi connectivity index (χ3v) is 6.42. The molecule has 0 radical (unpaired) electrons. The molecule has 1 heterocycles. The molecule has 1 unspecified atom stereocenters. The van der Waals surface area contributed by atoms with Crippen LogP contribution in [-0.4, -0.2) is 21.9 Å². The maximum Gasteiger partial charge on any atom is 0.300 e. The standard InChI is InChI=1S/C27H21F2NO4/c28-19-10-11-22(21(29)14-19)30-24(17-6-3-7-20(31)13-17)23(26(33)27(30)34)25(32)18-9-8-15-4-1-2-5-16(15)12-18/h3,6-14,24,31-32H,1-2,4-5H2/b25-23-. The van der Waals surface area contributed by atoms with E-state index in [9.17, 15) is 28.6 Å². The molecule has 0 bridgehead atoms. The summed E-state index contributed by atoms with van der Waals surface area (Å²) in [5.74, 6) is -4.42. The zero-order chi connectivity index (χ0) is 24.0. The lowest BCUT2D eigenvalue weighted by molar-refractivity contribution is -0.132. The summed E-state index contributed by atoms with van der Waals surface area (Å²) in [7, 11) is 0. The number of ketones is 1. The van der Waals surface area contributed by atoms with Crippen molar-refractivity contribution in [2.75, 3.05) is 4.90 Å². The third kappa shape index (κ3) is 3.63. The zero-order valence-corrected chi connectivity index (χ0v) is 18.1. The van der Waals surface area contributed by atoms with Gasteiger partial charge < -0.3 is 10.2 Å². The van der Waals surface area contributed by atoms with Gasteiger partial charge >= 0.3 is 0 Å². The van der Waals surface area contributed by atoms with Gasteiger partial charge in [0.25, 0.3) is 11.7 Å². The van der Waals surface area contributed by atoms with E-state index in [0.29, 0.717) is 17.2 Å². The molecule has 2 N–H and O–H groups in total. The van der Waals surface area contributed by atoms with Gasteiger partial charge in [-0.1, -0.05) is 24.3 Å². The van der Waals surface area contributed by atoms with Crippen molar-refractivity contribution >= 4 is 23.1 Å². The number of phenols is 1. The molecule has 0 aromatic heterocycles. The minimum Gasteiger partial charge on any atom is -0.508 e. The van der Waals surface area contributed by atoms with Gasteiger partial charge in [-0.3, -0.25) is 14.5 Å². The Morgan fingerprint density at radius 1 is 0.912 bits per heavy atom. The van der Waals surface area contributed by atoms with Crippen molar-refractivity contribution in [3.63, 3.8) is 0 Å². The van der Waals surface area contributed by atoms with Crippen molar-refractivity contribution in [3.05, 3.63) is 100 Å². The second kappa shape index (κ2) is 8.41. The van der Waals surface area contributed by atoms with Crippen LogP contribution in [0.3, 0.4) is 0 Å². The SMILES string of the molecule is O=C1C(=O)N(c2ccc(F)cc2F)C(c2cccc(O)c2)/C1=C(/O)c1ccc2c(c1)CCCC2. The normalized spacial score (nSPS) is 19.4. The van der Waals surface area contributed by atoms with Crippen molar-refractivity contribution in [2.24, 2.45) is 0 Å². The second-order valence-corrected chi connectivity index (χ2v) is 8.55. The number of nitrogens with zero attached hydrogens (tertiary/aromatic N) is 1. The van der Waals surface area contributed by atoms with Crippen LogP contribution in [0.2, 0.25) is 0 Å². The smallest absolute Gasteiger partial charge is 0.300 e. The first-order chi connectivity index (χ1) is 16.3. The van der Waals surface area contributed by atoms with Gasteiger partial charge in [-0.25, -0.2) is 8.78 Å². The predicted molar refractivity (Wildman–Crippen MR) is 122 cm³/mol.